The maximum absolute atomic E-state index is 11.9. The van der Waals surface area contributed by atoms with Gasteiger partial charge in [-0.15, -0.1) is 0 Å². The van der Waals surface area contributed by atoms with Gasteiger partial charge in [-0.3, -0.25) is 0 Å². The van der Waals surface area contributed by atoms with E-state index in [-0.39, 0.29) is 10.00 Å². The van der Waals surface area contributed by atoms with Crippen LogP contribution in [0.3, 0.4) is 0 Å². The summed E-state index contributed by atoms with van der Waals surface area (Å²) in [6.45, 7) is 8.30. The Balaban J connectivity index is 2.34. The van der Waals surface area contributed by atoms with Crippen LogP contribution in [0.4, 0.5) is 0 Å². The third-order valence-electron chi connectivity index (χ3n) is 3.36. The Bertz CT molecular complexity index is 456. The van der Waals surface area contributed by atoms with Crippen molar-refractivity contribution in [2.45, 2.75) is 34.9 Å². The number of nitrogens with zero attached hydrogens (tertiary/aromatic N) is 1. The van der Waals surface area contributed by atoms with Crippen LogP contribution >= 0.6 is 39.5 Å². The topological polar surface area (TPSA) is 37.1 Å². The number of rotatable bonds is 2. The molecule has 0 radical (unpaired) electrons. The second-order valence-electron chi connectivity index (χ2n) is 4.48. The molecule has 3 unspecified atom stereocenters. The molecule has 3 atom stereocenters. The summed E-state index contributed by atoms with van der Waals surface area (Å²) in [5.74, 6) is 0.294. The molecule has 0 aromatic heterocycles. The predicted octanol–water partition coefficient (Wildman–Crippen LogP) is 2.15. The smallest absolute Gasteiger partial charge is 0.228 e. The second kappa shape index (κ2) is 4.72. The van der Waals surface area contributed by atoms with E-state index in [0.29, 0.717) is 5.75 Å². The zero-order chi connectivity index (χ0) is 12.8. The summed E-state index contributed by atoms with van der Waals surface area (Å²) in [7, 11) is -2.96. The normalized spacial score (nSPS) is 39.4. The van der Waals surface area contributed by atoms with E-state index in [1.54, 1.807) is 23.5 Å². The van der Waals surface area contributed by atoms with Crippen LogP contribution in [-0.2, 0) is 9.84 Å². The van der Waals surface area contributed by atoms with Crippen molar-refractivity contribution in [1.82, 2.24) is 0 Å². The van der Waals surface area contributed by atoms with Gasteiger partial charge in [-0.25, -0.2) is 13.0 Å². The number of fused-ring (bicyclic) bond motifs is 1. The molecule has 0 aromatic carbocycles. The van der Waals surface area contributed by atoms with Gasteiger partial charge in [0.15, 0.2) is 9.84 Å². The molecule has 0 aliphatic carbocycles. The van der Waals surface area contributed by atoms with Crippen LogP contribution in [0.1, 0.15) is 20.8 Å². The third-order valence-corrected chi connectivity index (χ3v) is 12.1. The zero-order valence-electron chi connectivity index (χ0n) is 10.1. The summed E-state index contributed by atoms with van der Waals surface area (Å²) in [4.78, 5) is 0. The molecule has 0 N–H and O–H groups in total. The minimum atomic E-state index is -2.96. The van der Waals surface area contributed by atoms with E-state index in [1.165, 1.54) is 4.38 Å². The maximum atomic E-state index is 11.9. The lowest BCUT2D eigenvalue weighted by Crippen LogP contribution is -2.33. The molecule has 2 fully saturated rings. The van der Waals surface area contributed by atoms with E-state index in [9.17, 15) is 8.42 Å². The van der Waals surface area contributed by atoms with Crippen LogP contribution in [0.5, 0.6) is 0 Å². The van der Waals surface area contributed by atoms with E-state index in [0.717, 1.165) is 13.1 Å². The van der Waals surface area contributed by atoms with Crippen LogP contribution in [0.25, 0.3) is 0 Å². The molecule has 2 saturated heterocycles. The van der Waals surface area contributed by atoms with Gasteiger partial charge in [-0.05, 0) is 44.3 Å². The predicted molar refractivity (Wildman–Crippen MR) is 80.2 cm³/mol. The fraction of sp³-hybridized carbons (Fsp3) is 0.900. The number of thioether (sulfide) groups is 2. The van der Waals surface area contributed by atoms with Crippen LogP contribution in [-0.4, -0.2) is 50.4 Å². The maximum Gasteiger partial charge on any atom is 0.270 e. The highest BCUT2D eigenvalue weighted by molar-refractivity contribution is 9.11. The van der Waals surface area contributed by atoms with Crippen molar-refractivity contribution in [3.05, 3.63) is 0 Å². The molecule has 98 valence electrons. The quantitative estimate of drug-likeness (QED) is 0.559. The Morgan fingerprint density at radius 1 is 1.47 bits per heavy atom. The Kier molecular flexibility index (Phi) is 3.95. The molecular formula is C10H17BrNO2S3+. The highest BCUT2D eigenvalue weighted by Crippen LogP contribution is 2.57. The minimum absolute atomic E-state index is 0.178. The van der Waals surface area contributed by atoms with Gasteiger partial charge in [0.1, 0.15) is 17.2 Å². The first-order valence-corrected chi connectivity index (χ1v) is 10.0. The van der Waals surface area contributed by atoms with Gasteiger partial charge < -0.3 is 0 Å². The summed E-state index contributed by atoms with van der Waals surface area (Å²) in [5.41, 5.74) is 0. The van der Waals surface area contributed by atoms with Crippen molar-refractivity contribution in [3.63, 3.8) is 0 Å². The summed E-state index contributed by atoms with van der Waals surface area (Å²) < 4.78 is 26.8. The molecule has 0 bridgehead atoms. The first kappa shape index (κ1) is 14.2. The van der Waals surface area contributed by atoms with Crippen LogP contribution in [0, 0.1) is 0 Å². The SMILES string of the molecule is CC[N+](CC)=C1SC2CS(=O)(=O)C(Br)C2(C)S1. The summed E-state index contributed by atoms with van der Waals surface area (Å²) in [6.07, 6.45) is 0. The number of hydrogen-bond acceptors (Lipinski definition) is 4. The number of alkyl halides is 1. The van der Waals surface area contributed by atoms with Gasteiger partial charge in [-0.2, -0.15) is 0 Å². The lowest BCUT2D eigenvalue weighted by Gasteiger charge is -2.21. The molecule has 2 aliphatic heterocycles. The minimum Gasteiger partial charge on any atom is -0.228 e. The lowest BCUT2D eigenvalue weighted by molar-refractivity contribution is -0.515. The zero-order valence-corrected chi connectivity index (χ0v) is 14.2. The highest BCUT2D eigenvalue weighted by Gasteiger charge is 2.62. The van der Waals surface area contributed by atoms with E-state index in [4.69, 9.17) is 0 Å². The average molecular weight is 359 g/mol. The van der Waals surface area contributed by atoms with E-state index in [1.807, 2.05) is 0 Å². The lowest BCUT2D eigenvalue weighted by atomic mass is 10.1. The molecule has 0 spiro atoms. The first-order valence-electron chi connectivity index (χ1n) is 5.68. The molecule has 0 amide bonds. The molecule has 3 nitrogen and oxygen atoms in total. The molecule has 0 aromatic rings. The highest BCUT2D eigenvalue weighted by atomic mass is 79.9. The van der Waals surface area contributed by atoms with Gasteiger partial charge in [0.2, 0.25) is 0 Å². The number of sulfone groups is 1. The van der Waals surface area contributed by atoms with Crippen molar-refractivity contribution >= 4 is 53.7 Å². The van der Waals surface area contributed by atoms with Crippen LogP contribution in [0.2, 0.25) is 0 Å². The Morgan fingerprint density at radius 2 is 2.06 bits per heavy atom. The Hall–Kier alpha value is 0.800. The number of halogens is 1. The van der Waals surface area contributed by atoms with E-state index < -0.39 is 14.0 Å². The molecular weight excluding hydrogens is 342 g/mol. The van der Waals surface area contributed by atoms with Gasteiger partial charge in [0, 0.05) is 5.25 Å². The Labute approximate surface area is 120 Å². The second-order valence-corrected chi connectivity index (χ2v) is 11.0. The fourth-order valence-corrected chi connectivity index (χ4v) is 10.3. The standard InChI is InChI=1S/C10H17BrNO2S3/c1-4-12(5-2)9-15-7-6-17(13,14)8(11)10(7,3)16-9/h7-8H,4-6H2,1-3H3/q+1. The third kappa shape index (κ3) is 2.21. The largest absolute Gasteiger partial charge is 0.270 e. The number of hydrogen-bond donors (Lipinski definition) is 0. The van der Waals surface area contributed by atoms with Gasteiger partial charge in [0.25, 0.3) is 4.38 Å². The molecule has 2 rings (SSSR count). The fourth-order valence-electron chi connectivity index (χ4n) is 2.18. The summed E-state index contributed by atoms with van der Waals surface area (Å²) >= 11 is 6.86. The van der Waals surface area contributed by atoms with E-state index in [2.05, 4.69) is 41.3 Å². The van der Waals surface area contributed by atoms with Crippen molar-refractivity contribution in [2.75, 3.05) is 18.8 Å². The van der Waals surface area contributed by atoms with E-state index >= 15 is 0 Å². The molecule has 2 heterocycles. The summed E-state index contributed by atoms with van der Waals surface area (Å²) in [5, 5.41) is 0.178. The Morgan fingerprint density at radius 3 is 2.53 bits per heavy atom. The molecule has 7 heteroatoms. The van der Waals surface area contributed by atoms with Crippen molar-refractivity contribution in [2.24, 2.45) is 0 Å². The van der Waals surface area contributed by atoms with Crippen molar-refractivity contribution < 1.29 is 13.0 Å². The van der Waals surface area contributed by atoms with Crippen LogP contribution < -0.4 is 0 Å². The molecule has 17 heavy (non-hydrogen) atoms. The van der Waals surface area contributed by atoms with Crippen LogP contribution in [0.15, 0.2) is 0 Å². The van der Waals surface area contributed by atoms with Crippen molar-refractivity contribution in [3.8, 4) is 0 Å². The monoisotopic (exact) mass is 358 g/mol. The summed E-state index contributed by atoms with van der Waals surface area (Å²) in [6, 6.07) is 0. The van der Waals surface area contributed by atoms with Gasteiger partial charge in [-0.1, -0.05) is 15.9 Å². The van der Waals surface area contributed by atoms with Crippen molar-refractivity contribution in [1.29, 1.82) is 0 Å². The molecule has 2 aliphatic rings. The van der Waals surface area contributed by atoms with Gasteiger partial charge in [0.05, 0.1) is 10.5 Å². The molecule has 0 saturated carbocycles. The average Bonchev–Trinajstić information content (AvgIpc) is 2.64. The van der Waals surface area contributed by atoms with Gasteiger partial charge >= 0.3 is 0 Å². The first-order chi connectivity index (χ1) is 7.85.